The summed E-state index contributed by atoms with van der Waals surface area (Å²) in [4.78, 5) is 19.4. The standard InChI is InChI=1S/C22H28N2O2/c1-2-26-21(25)22(11-10-19-7-4-3-5-8-19)12-15-24(16-13-22)18-20-9-6-14-23-17-20/h3-9,14,17H,2,10-13,15-16,18H2,1H3. The SMILES string of the molecule is CCOC(=O)C1(CCc2ccccc2)CCN(Cc2cccnc2)CC1. The molecular weight excluding hydrogens is 324 g/mol. The van der Waals surface area contributed by atoms with Crippen LogP contribution in [0.15, 0.2) is 54.9 Å². The van der Waals surface area contributed by atoms with E-state index in [9.17, 15) is 4.79 Å². The summed E-state index contributed by atoms with van der Waals surface area (Å²) in [7, 11) is 0. The maximum absolute atomic E-state index is 12.8. The number of benzene rings is 1. The molecule has 0 aliphatic carbocycles. The number of nitrogens with zero attached hydrogens (tertiary/aromatic N) is 2. The second-order valence-electron chi connectivity index (χ2n) is 7.12. The van der Waals surface area contributed by atoms with E-state index in [0.29, 0.717) is 6.61 Å². The van der Waals surface area contributed by atoms with Crippen LogP contribution in [0.1, 0.15) is 37.3 Å². The summed E-state index contributed by atoms with van der Waals surface area (Å²) < 4.78 is 5.46. The number of hydrogen-bond acceptors (Lipinski definition) is 4. The second kappa shape index (κ2) is 8.95. The first-order valence-corrected chi connectivity index (χ1v) is 9.54. The minimum Gasteiger partial charge on any atom is -0.466 e. The minimum absolute atomic E-state index is 0.0167. The number of aromatic nitrogens is 1. The molecule has 2 heterocycles. The van der Waals surface area contributed by atoms with Gasteiger partial charge in [0, 0.05) is 18.9 Å². The van der Waals surface area contributed by atoms with Gasteiger partial charge in [0.1, 0.15) is 0 Å². The van der Waals surface area contributed by atoms with Crippen molar-refractivity contribution in [2.75, 3.05) is 19.7 Å². The van der Waals surface area contributed by atoms with E-state index in [1.165, 1.54) is 11.1 Å². The number of likely N-dealkylation sites (tertiary alicyclic amines) is 1. The summed E-state index contributed by atoms with van der Waals surface area (Å²) in [5.41, 5.74) is 2.16. The van der Waals surface area contributed by atoms with Crippen molar-refractivity contribution in [2.24, 2.45) is 5.41 Å². The van der Waals surface area contributed by atoms with Gasteiger partial charge in [-0.3, -0.25) is 14.7 Å². The van der Waals surface area contributed by atoms with Gasteiger partial charge in [-0.15, -0.1) is 0 Å². The Labute approximate surface area is 156 Å². The number of hydrogen-bond donors (Lipinski definition) is 0. The largest absolute Gasteiger partial charge is 0.466 e. The molecule has 26 heavy (non-hydrogen) atoms. The summed E-state index contributed by atoms with van der Waals surface area (Å²) in [5, 5.41) is 0. The highest BCUT2D eigenvalue weighted by atomic mass is 16.5. The lowest BCUT2D eigenvalue weighted by atomic mass is 9.74. The molecule has 0 saturated carbocycles. The van der Waals surface area contributed by atoms with Crippen molar-refractivity contribution in [3.63, 3.8) is 0 Å². The highest BCUT2D eigenvalue weighted by Gasteiger charge is 2.42. The molecule has 0 radical (unpaired) electrons. The van der Waals surface area contributed by atoms with Crippen LogP contribution in [0.25, 0.3) is 0 Å². The predicted molar refractivity (Wildman–Crippen MR) is 103 cm³/mol. The lowest BCUT2D eigenvalue weighted by Gasteiger charge is -2.40. The highest BCUT2D eigenvalue weighted by molar-refractivity contribution is 5.77. The fraction of sp³-hybridized carbons (Fsp3) is 0.455. The lowest BCUT2D eigenvalue weighted by molar-refractivity contribution is -0.159. The average molecular weight is 352 g/mol. The van der Waals surface area contributed by atoms with Crippen LogP contribution >= 0.6 is 0 Å². The van der Waals surface area contributed by atoms with Crippen LogP contribution in [0.5, 0.6) is 0 Å². The van der Waals surface area contributed by atoms with Crippen LogP contribution in [0, 0.1) is 5.41 Å². The van der Waals surface area contributed by atoms with Crippen molar-refractivity contribution in [3.8, 4) is 0 Å². The molecule has 2 aromatic rings. The summed E-state index contributed by atoms with van der Waals surface area (Å²) >= 11 is 0. The first-order valence-electron chi connectivity index (χ1n) is 9.54. The number of ether oxygens (including phenoxy) is 1. The monoisotopic (exact) mass is 352 g/mol. The molecule has 138 valence electrons. The fourth-order valence-corrected chi connectivity index (χ4v) is 3.76. The minimum atomic E-state index is -0.350. The number of pyridine rings is 1. The zero-order chi connectivity index (χ0) is 18.2. The van der Waals surface area contributed by atoms with Crippen LogP contribution in [0.3, 0.4) is 0 Å². The van der Waals surface area contributed by atoms with E-state index < -0.39 is 0 Å². The molecule has 1 aliphatic rings. The van der Waals surface area contributed by atoms with E-state index in [-0.39, 0.29) is 11.4 Å². The van der Waals surface area contributed by atoms with Crippen LogP contribution in [0.4, 0.5) is 0 Å². The molecular formula is C22H28N2O2. The molecule has 1 fully saturated rings. The van der Waals surface area contributed by atoms with Crippen molar-refractivity contribution in [1.29, 1.82) is 0 Å². The Morgan fingerprint density at radius 2 is 1.85 bits per heavy atom. The van der Waals surface area contributed by atoms with Gasteiger partial charge >= 0.3 is 5.97 Å². The van der Waals surface area contributed by atoms with Crippen molar-refractivity contribution in [1.82, 2.24) is 9.88 Å². The van der Waals surface area contributed by atoms with Gasteiger partial charge in [0.25, 0.3) is 0 Å². The number of carbonyl (C=O) groups is 1. The maximum atomic E-state index is 12.8. The molecule has 4 nitrogen and oxygen atoms in total. The Balaban J connectivity index is 1.63. The zero-order valence-electron chi connectivity index (χ0n) is 15.6. The van der Waals surface area contributed by atoms with Gasteiger partial charge < -0.3 is 4.74 Å². The topological polar surface area (TPSA) is 42.4 Å². The fourth-order valence-electron chi connectivity index (χ4n) is 3.76. The summed E-state index contributed by atoms with van der Waals surface area (Å²) in [5.74, 6) is -0.0167. The summed E-state index contributed by atoms with van der Waals surface area (Å²) in [6.07, 6.45) is 7.22. The number of carbonyl (C=O) groups excluding carboxylic acids is 1. The van der Waals surface area contributed by atoms with Crippen LogP contribution in [-0.2, 0) is 22.5 Å². The number of aryl methyl sites for hydroxylation is 1. The van der Waals surface area contributed by atoms with Gasteiger partial charge in [-0.2, -0.15) is 0 Å². The number of esters is 1. The average Bonchev–Trinajstić information content (AvgIpc) is 2.69. The third-order valence-corrected chi connectivity index (χ3v) is 5.39. The number of piperidine rings is 1. The van der Waals surface area contributed by atoms with Gasteiger partial charge in [-0.05, 0) is 62.9 Å². The first-order chi connectivity index (χ1) is 12.7. The summed E-state index contributed by atoms with van der Waals surface area (Å²) in [6, 6.07) is 14.5. The molecule has 3 rings (SSSR count). The van der Waals surface area contributed by atoms with Gasteiger partial charge in [-0.25, -0.2) is 0 Å². The molecule has 0 N–H and O–H groups in total. The number of rotatable bonds is 7. The van der Waals surface area contributed by atoms with Gasteiger partial charge in [0.2, 0.25) is 0 Å². The molecule has 0 atom stereocenters. The Hall–Kier alpha value is -2.20. The lowest BCUT2D eigenvalue weighted by Crippen LogP contribution is -2.45. The second-order valence-corrected chi connectivity index (χ2v) is 7.12. The third-order valence-electron chi connectivity index (χ3n) is 5.39. The maximum Gasteiger partial charge on any atom is 0.312 e. The molecule has 0 unspecified atom stereocenters. The van der Waals surface area contributed by atoms with Crippen molar-refractivity contribution < 1.29 is 9.53 Å². The van der Waals surface area contributed by atoms with Crippen LogP contribution in [-0.4, -0.2) is 35.5 Å². The predicted octanol–water partition coefficient (Wildman–Crippen LogP) is 3.86. The molecule has 0 spiro atoms. The van der Waals surface area contributed by atoms with E-state index in [1.54, 1.807) is 6.20 Å². The van der Waals surface area contributed by atoms with E-state index >= 15 is 0 Å². The Morgan fingerprint density at radius 1 is 1.12 bits per heavy atom. The molecule has 4 heteroatoms. The highest BCUT2D eigenvalue weighted by Crippen LogP contribution is 2.38. The van der Waals surface area contributed by atoms with Gasteiger partial charge in [0.05, 0.1) is 12.0 Å². The quantitative estimate of drug-likeness (QED) is 0.710. The van der Waals surface area contributed by atoms with E-state index in [0.717, 1.165) is 45.3 Å². The smallest absolute Gasteiger partial charge is 0.312 e. The van der Waals surface area contributed by atoms with E-state index in [4.69, 9.17) is 4.74 Å². The van der Waals surface area contributed by atoms with Gasteiger partial charge in [-0.1, -0.05) is 36.4 Å². The van der Waals surface area contributed by atoms with Gasteiger partial charge in [0.15, 0.2) is 0 Å². The molecule has 0 bridgehead atoms. The van der Waals surface area contributed by atoms with Crippen LogP contribution < -0.4 is 0 Å². The molecule has 1 aliphatic heterocycles. The molecule has 1 saturated heterocycles. The Bertz CT molecular complexity index is 680. The molecule has 1 aromatic carbocycles. The normalized spacial score (nSPS) is 17.0. The van der Waals surface area contributed by atoms with Crippen molar-refractivity contribution in [2.45, 2.75) is 39.2 Å². The zero-order valence-corrected chi connectivity index (χ0v) is 15.6. The molecule has 1 aromatic heterocycles. The van der Waals surface area contributed by atoms with E-state index in [1.807, 2.05) is 25.3 Å². The van der Waals surface area contributed by atoms with Crippen molar-refractivity contribution >= 4 is 5.97 Å². The van der Waals surface area contributed by atoms with Crippen LogP contribution in [0.2, 0.25) is 0 Å². The van der Waals surface area contributed by atoms with Crippen molar-refractivity contribution in [3.05, 3.63) is 66.0 Å². The summed E-state index contributed by atoms with van der Waals surface area (Å²) in [6.45, 7) is 5.07. The Morgan fingerprint density at radius 3 is 2.50 bits per heavy atom. The van der Waals surface area contributed by atoms with E-state index in [2.05, 4.69) is 40.2 Å². The Kier molecular flexibility index (Phi) is 6.40. The first kappa shape index (κ1) is 18.6. The third kappa shape index (κ3) is 4.70. The molecule has 0 amide bonds.